The van der Waals surface area contributed by atoms with Gasteiger partial charge in [0.25, 0.3) is 0 Å². The van der Waals surface area contributed by atoms with Crippen LogP contribution in [0, 0.1) is 0 Å². The highest BCUT2D eigenvalue weighted by molar-refractivity contribution is 5.62. The molecule has 1 aromatic carbocycles. The monoisotopic (exact) mass is 287 g/mol. The molecule has 0 radical (unpaired) electrons. The van der Waals surface area contributed by atoms with Gasteiger partial charge in [0, 0.05) is 18.7 Å². The Kier molecular flexibility index (Phi) is 4.05. The van der Waals surface area contributed by atoms with Gasteiger partial charge in [0.15, 0.2) is 0 Å². The molecule has 21 heavy (non-hydrogen) atoms. The summed E-state index contributed by atoms with van der Waals surface area (Å²) in [5, 5.41) is 26.8. The lowest BCUT2D eigenvalue weighted by molar-refractivity contribution is -0.0686. The van der Waals surface area contributed by atoms with Crippen molar-refractivity contribution in [2.75, 3.05) is 19.7 Å². The molecular formula is C16H21N3O2. The Morgan fingerprint density at radius 3 is 2.86 bits per heavy atom. The number of nitrogens with one attached hydrogen (secondary N) is 1. The van der Waals surface area contributed by atoms with Crippen molar-refractivity contribution < 1.29 is 10.2 Å². The van der Waals surface area contributed by atoms with Gasteiger partial charge in [-0.3, -0.25) is 10.00 Å². The first kappa shape index (κ1) is 14.3. The summed E-state index contributed by atoms with van der Waals surface area (Å²) in [7, 11) is 0. The van der Waals surface area contributed by atoms with Crippen LogP contribution in [0.5, 0.6) is 0 Å². The Balaban J connectivity index is 1.76. The van der Waals surface area contributed by atoms with Crippen molar-refractivity contribution in [3.8, 4) is 11.3 Å². The average molecular weight is 287 g/mol. The molecule has 0 aliphatic carbocycles. The Labute approximate surface area is 124 Å². The van der Waals surface area contributed by atoms with Gasteiger partial charge in [0.2, 0.25) is 0 Å². The summed E-state index contributed by atoms with van der Waals surface area (Å²) in [4.78, 5) is 2.18. The molecule has 3 N–H and O–H groups in total. The molecule has 0 saturated carbocycles. The van der Waals surface area contributed by atoms with Crippen LogP contribution in [0.3, 0.4) is 0 Å². The van der Waals surface area contributed by atoms with E-state index in [9.17, 15) is 10.2 Å². The topological polar surface area (TPSA) is 72.4 Å². The van der Waals surface area contributed by atoms with Gasteiger partial charge in [-0.25, -0.2) is 0 Å². The zero-order valence-corrected chi connectivity index (χ0v) is 12.0. The third-order valence-electron chi connectivity index (χ3n) is 4.10. The number of likely N-dealkylation sites (tertiary alicyclic amines) is 1. The van der Waals surface area contributed by atoms with Crippen LogP contribution in [0.15, 0.2) is 36.5 Å². The smallest absolute Gasteiger partial charge is 0.100 e. The normalized spacial score (nSPS) is 23.3. The van der Waals surface area contributed by atoms with Crippen LogP contribution in [0.25, 0.3) is 11.3 Å². The second kappa shape index (κ2) is 5.97. The molecule has 0 amide bonds. The van der Waals surface area contributed by atoms with E-state index < -0.39 is 5.60 Å². The van der Waals surface area contributed by atoms with Gasteiger partial charge in [-0.1, -0.05) is 30.3 Å². The number of aliphatic hydroxyl groups excluding tert-OH is 1. The fourth-order valence-corrected chi connectivity index (χ4v) is 3.00. The zero-order chi connectivity index (χ0) is 14.7. The molecule has 1 aromatic heterocycles. The van der Waals surface area contributed by atoms with Crippen molar-refractivity contribution in [3.63, 3.8) is 0 Å². The van der Waals surface area contributed by atoms with Crippen LogP contribution >= 0.6 is 0 Å². The summed E-state index contributed by atoms with van der Waals surface area (Å²) in [6.07, 6.45) is 3.40. The highest BCUT2D eigenvalue weighted by atomic mass is 16.3. The Morgan fingerprint density at radius 2 is 2.10 bits per heavy atom. The summed E-state index contributed by atoms with van der Waals surface area (Å²) in [5.74, 6) is 0. The summed E-state index contributed by atoms with van der Waals surface area (Å²) >= 11 is 0. The molecule has 1 aliphatic heterocycles. The van der Waals surface area contributed by atoms with E-state index in [1.807, 2.05) is 24.4 Å². The summed E-state index contributed by atoms with van der Waals surface area (Å²) < 4.78 is 0. The SMILES string of the molecule is OC[C@@]1(O)CCCN(Cc2cn[nH]c2-c2ccccc2)C1. The van der Waals surface area contributed by atoms with Crippen molar-refractivity contribution in [2.45, 2.75) is 25.0 Å². The highest BCUT2D eigenvalue weighted by Crippen LogP contribution is 2.25. The summed E-state index contributed by atoms with van der Waals surface area (Å²) in [6, 6.07) is 10.1. The van der Waals surface area contributed by atoms with Gasteiger partial charge < -0.3 is 10.2 Å². The molecule has 1 saturated heterocycles. The van der Waals surface area contributed by atoms with E-state index in [0.717, 1.165) is 36.3 Å². The first-order valence-electron chi connectivity index (χ1n) is 7.33. The number of piperidine rings is 1. The molecule has 5 nitrogen and oxygen atoms in total. The van der Waals surface area contributed by atoms with Gasteiger partial charge in [-0.2, -0.15) is 5.10 Å². The maximum Gasteiger partial charge on any atom is 0.100 e. The first-order valence-corrected chi connectivity index (χ1v) is 7.33. The molecule has 5 heteroatoms. The number of rotatable bonds is 4. The van der Waals surface area contributed by atoms with Crippen molar-refractivity contribution in [2.24, 2.45) is 0 Å². The van der Waals surface area contributed by atoms with Crippen LogP contribution < -0.4 is 0 Å². The van der Waals surface area contributed by atoms with Crippen molar-refractivity contribution in [1.29, 1.82) is 0 Å². The predicted molar refractivity (Wildman–Crippen MR) is 80.6 cm³/mol. The lowest BCUT2D eigenvalue weighted by atomic mass is 9.93. The van der Waals surface area contributed by atoms with E-state index in [0.29, 0.717) is 13.0 Å². The third-order valence-corrected chi connectivity index (χ3v) is 4.10. The quantitative estimate of drug-likeness (QED) is 0.795. The predicted octanol–water partition coefficient (Wildman–Crippen LogP) is 1.40. The third kappa shape index (κ3) is 3.15. The molecule has 1 fully saturated rings. The minimum Gasteiger partial charge on any atom is -0.393 e. The number of β-amino-alcohol motifs (C(OH)–C–C–N with tert-alkyl or cyclic N) is 1. The van der Waals surface area contributed by atoms with Crippen molar-refractivity contribution >= 4 is 0 Å². The fourth-order valence-electron chi connectivity index (χ4n) is 3.00. The van der Waals surface area contributed by atoms with E-state index in [2.05, 4.69) is 27.2 Å². The van der Waals surface area contributed by atoms with Gasteiger partial charge in [-0.05, 0) is 24.9 Å². The number of aromatic amines is 1. The van der Waals surface area contributed by atoms with E-state index in [-0.39, 0.29) is 6.61 Å². The van der Waals surface area contributed by atoms with E-state index in [1.165, 1.54) is 0 Å². The van der Waals surface area contributed by atoms with Gasteiger partial charge >= 0.3 is 0 Å². The molecule has 2 heterocycles. The van der Waals surface area contributed by atoms with Crippen LogP contribution in [-0.2, 0) is 6.54 Å². The fraction of sp³-hybridized carbons (Fsp3) is 0.438. The lowest BCUT2D eigenvalue weighted by Gasteiger charge is -2.38. The number of benzene rings is 1. The highest BCUT2D eigenvalue weighted by Gasteiger charge is 2.32. The van der Waals surface area contributed by atoms with E-state index >= 15 is 0 Å². The molecule has 2 aromatic rings. The van der Waals surface area contributed by atoms with Crippen LogP contribution in [0.4, 0.5) is 0 Å². The molecule has 0 spiro atoms. The second-order valence-corrected chi connectivity index (χ2v) is 5.83. The lowest BCUT2D eigenvalue weighted by Crippen LogP contribution is -2.50. The van der Waals surface area contributed by atoms with Gasteiger partial charge in [0.1, 0.15) is 5.60 Å². The maximum atomic E-state index is 10.3. The molecule has 1 aliphatic rings. The molecular weight excluding hydrogens is 266 g/mol. The second-order valence-electron chi connectivity index (χ2n) is 5.83. The maximum absolute atomic E-state index is 10.3. The standard InChI is InChI=1S/C16H21N3O2/c20-12-16(21)7-4-8-19(11-16)10-14-9-17-18-15(14)13-5-2-1-3-6-13/h1-3,5-6,9,20-21H,4,7-8,10-12H2,(H,17,18)/t16-/m1/s1. The number of aromatic nitrogens is 2. The number of hydrogen-bond acceptors (Lipinski definition) is 4. The number of H-pyrrole nitrogens is 1. The van der Waals surface area contributed by atoms with Crippen LogP contribution in [0.1, 0.15) is 18.4 Å². The first-order chi connectivity index (χ1) is 10.2. The van der Waals surface area contributed by atoms with Crippen LogP contribution in [-0.4, -0.2) is 50.6 Å². The average Bonchev–Trinajstić information content (AvgIpc) is 2.96. The Bertz CT molecular complexity index is 584. The van der Waals surface area contributed by atoms with E-state index in [1.54, 1.807) is 0 Å². The van der Waals surface area contributed by atoms with E-state index in [4.69, 9.17) is 0 Å². The zero-order valence-electron chi connectivity index (χ0n) is 12.0. The van der Waals surface area contributed by atoms with Crippen molar-refractivity contribution in [3.05, 3.63) is 42.1 Å². The molecule has 112 valence electrons. The Hall–Kier alpha value is -1.69. The number of nitrogens with zero attached hydrogens (tertiary/aromatic N) is 2. The largest absolute Gasteiger partial charge is 0.393 e. The van der Waals surface area contributed by atoms with Crippen LogP contribution in [0.2, 0.25) is 0 Å². The minimum absolute atomic E-state index is 0.180. The molecule has 0 bridgehead atoms. The minimum atomic E-state index is -0.963. The molecule has 3 rings (SSSR count). The van der Waals surface area contributed by atoms with Gasteiger partial charge in [0.05, 0.1) is 18.5 Å². The molecule has 0 unspecified atom stereocenters. The number of hydrogen-bond donors (Lipinski definition) is 3. The van der Waals surface area contributed by atoms with Gasteiger partial charge in [-0.15, -0.1) is 0 Å². The molecule has 1 atom stereocenters. The Morgan fingerprint density at radius 1 is 1.29 bits per heavy atom. The summed E-state index contributed by atoms with van der Waals surface area (Å²) in [6.45, 7) is 1.98. The van der Waals surface area contributed by atoms with Crippen molar-refractivity contribution in [1.82, 2.24) is 15.1 Å². The number of aliphatic hydroxyl groups is 2. The summed E-state index contributed by atoms with van der Waals surface area (Å²) in [5.41, 5.74) is 2.28.